The second-order valence-electron chi connectivity index (χ2n) is 7.86. The number of carbonyl (C=O) groups excluding carboxylic acids is 3. The van der Waals surface area contributed by atoms with E-state index in [0.717, 1.165) is 16.0 Å². The third-order valence-corrected chi connectivity index (χ3v) is 5.76. The third-order valence-electron chi connectivity index (χ3n) is 5.76. The van der Waals surface area contributed by atoms with Gasteiger partial charge in [-0.25, -0.2) is 9.69 Å². The predicted molar refractivity (Wildman–Crippen MR) is 115 cm³/mol. The monoisotopic (exact) mass is 438 g/mol. The minimum atomic E-state index is -0.615. The van der Waals surface area contributed by atoms with Crippen molar-refractivity contribution in [3.8, 4) is 11.5 Å². The summed E-state index contributed by atoms with van der Waals surface area (Å²) < 4.78 is 16.1. The Labute approximate surface area is 186 Å². The molecule has 0 aromatic heterocycles. The molecule has 0 saturated carbocycles. The fourth-order valence-electron chi connectivity index (χ4n) is 4.03. The van der Waals surface area contributed by atoms with Crippen molar-refractivity contribution in [2.45, 2.75) is 31.9 Å². The van der Waals surface area contributed by atoms with Gasteiger partial charge >= 0.3 is 6.09 Å². The van der Waals surface area contributed by atoms with Crippen molar-refractivity contribution in [2.24, 2.45) is 0 Å². The second-order valence-corrected chi connectivity index (χ2v) is 7.86. The zero-order valence-corrected chi connectivity index (χ0v) is 18.0. The van der Waals surface area contributed by atoms with Gasteiger partial charge in [0, 0.05) is 19.5 Å². The number of methoxy groups -OCH3 is 1. The maximum absolute atomic E-state index is 12.7. The lowest BCUT2D eigenvalue weighted by Crippen LogP contribution is -2.42. The van der Waals surface area contributed by atoms with E-state index in [9.17, 15) is 14.4 Å². The van der Waals surface area contributed by atoms with Gasteiger partial charge in [0.15, 0.2) is 18.1 Å². The second kappa shape index (κ2) is 9.72. The summed E-state index contributed by atoms with van der Waals surface area (Å²) >= 11 is 0. The Hall–Kier alpha value is -3.55. The van der Waals surface area contributed by atoms with E-state index in [1.54, 1.807) is 12.0 Å². The molecule has 2 fully saturated rings. The fourth-order valence-corrected chi connectivity index (χ4v) is 4.03. The standard InChI is InChI=1S/C24H26N2O6/c1-30-20-9-7-17(13-21(20)31-15-18-5-3-2-4-6-18)8-10-22(27)25-12-11-19(14-25)26-23(28)16-32-24(26)29/h2-7,9,13,19H,8,10-12,14-16H2,1H3. The Kier molecular flexibility index (Phi) is 6.58. The van der Waals surface area contributed by atoms with Crippen LogP contribution in [-0.4, -0.2) is 60.6 Å². The summed E-state index contributed by atoms with van der Waals surface area (Å²) in [7, 11) is 1.60. The maximum Gasteiger partial charge on any atom is 0.417 e. The van der Waals surface area contributed by atoms with Crippen LogP contribution in [0.2, 0.25) is 0 Å². The van der Waals surface area contributed by atoms with Crippen LogP contribution in [0.25, 0.3) is 0 Å². The molecule has 1 unspecified atom stereocenters. The van der Waals surface area contributed by atoms with Crippen molar-refractivity contribution in [1.29, 1.82) is 0 Å². The molecule has 32 heavy (non-hydrogen) atoms. The normalized spacial score (nSPS) is 18.1. The molecule has 0 spiro atoms. The van der Waals surface area contributed by atoms with Crippen molar-refractivity contribution < 1.29 is 28.6 Å². The number of amides is 3. The molecule has 2 saturated heterocycles. The first-order valence-electron chi connectivity index (χ1n) is 10.7. The van der Waals surface area contributed by atoms with E-state index in [1.807, 2.05) is 48.5 Å². The molecule has 8 heteroatoms. The number of nitrogens with zero attached hydrogens (tertiary/aromatic N) is 2. The number of hydrogen-bond acceptors (Lipinski definition) is 6. The Morgan fingerprint density at radius 3 is 2.62 bits per heavy atom. The molecule has 2 aromatic rings. The van der Waals surface area contributed by atoms with Gasteiger partial charge in [-0.15, -0.1) is 0 Å². The first kappa shape index (κ1) is 21.7. The van der Waals surface area contributed by atoms with Crippen LogP contribution in [0.15, 0.2) is 48.5 Å². The van der Waals surface area contributed by atoms with Crippen LogP contribution in [0.1, 0.15) is 24.0 Å². The maximum atomic E-state index is 12.7. The van der Waals surface area contributed by atoms with Gasteiger partial charge < -0.3 is 19.1 Å². The summed E-state index contributed by atoms with van der Waals surface area (Å²) in [6.07, 6.45) is 0.842. The van der Waals surface area contributed by atoms with Gasteiger partial charge in [-0.05, 0) is 36.1 Å². The quantitative estimate of drug-likeness (QED) is 0.630. The molecule has 0 bridgehead atoms. The summed E-state index contributed by atoms with van der Waals surface area (Å²) in [6, 6.07) is 15.2. The molecule has 0 N–H and O–H groups in total. The van der Waals surface area contributed by atoms with Crippen LogP contribution in [0.5, 0.6) is 11.5 Å². The number of aryl methyl sites for hydroxylation is 1. The van der Waals surface area contributed by atoms with Crippen molar-refractivity contribution >= 4 is 17.9 Å². The number of cyclic esters (lactones) is 1. The van der Waals surface area contributed by atoms with Crippen molar-refractivity contribution in [2.75, 3.05) is 26.8 Å². The van der Waals surface area contributed by atoms with Crippen molar-refractivity contribution in [3.05, 3.63) is 59.7 Å². The Morgan fingerprint density at radius 1 is 1.09 bits per heavy atom. The van der Waals surface area contributed by atoms with Crippen LogP contribution in [0, 0.1) is 0 Å². The van der Waals surface area contributed by atoms with Gasteiger partial charge in [-0.1, -0.05) is 36.4 Å². The fraction of sp³-hybridized carbons (Fsp3) is 0.375. The van der Waals surface area contributed by atoms with Crippen molar-refractivity contribution in [1.82, 2.24) is 9.80 Å². The smallest absolute Gasteiger partial charge is 0.417 e. The van der Waals surface area contributed by atoms with E-state index in [-0.39, 0.29) is 24.5 Å². The van der Waals surface area contributed by atoms with Gasteiger partial charge in [-0.2, -0.15) is 0 Å². The molecule has 4 rings (SSSR count). The molecule has 2 aliphatic rings. The Bertz CT molecular complexity index is 977. The molecular weight excluding hydrogens is 412 g/mol. The summed E-state index contributed by atoms with van der Waals surface area (Å²) in [6.45, 7) is 1.09. The van der Waals surface area contributed by atoms with E-state index in [1.165, 1.54) is 0 Å². The lowest BCUT2D eigenvalue weighted by atomic mass is 10.1. The van der Waals surface area contributed by atoms with Crippen LogP contribution in [-0.2, 0) is 27.4 Å². The zero-order valence-electron chi connectivity index (χ0n) is 18.0. The largest absolute Gasteiger partial charge is 0.493 e. The minimum Gasteiger partial charge on any atom is -0.493 e. The van der Waals surface area contributed by atoms with E-state index in [2.05, 4.69) is 0 Å². The predicted octanol–water partition coefficient (Wildman–Crippen LogP) is 2.79. The molecule has 168 valence electrons. The van der Waals surface area contributed by atoms with Gasteiger partial charge in [0.25, 0.3) is 5.91 Å². The van der Waals surface area contributed by atoms with E-state index in [4.69, 9.17) is 14.2 Å². The number of benzene rings is 2. The van der Waals surface area contributed by atoms with Gasteiger partial charge in [-0.3, -0.25) is 9.59 Å². The summed E-state index contributed by atoms with van der Waals surface area (Å²) in [5, 5.41) is 0. The molecular formula is C24H26N2O6. The first-order chi connectivity index (χ1) is 15.5. The van der Waals surface area contributed by atoms with Crippen LogP contribution < -0.4 is 9.47 Å². The Morgan fingerprint density at radius 2 is 1.91 bits per heavy atom. The zero-order chi connectivity index (χ0) is 22.5. The average molecular weight is 438 g/mol. The molecule has 2 aliphatic heterocycles. The number of likely N-dealkylation sites (tertiary alicyclic amines) is 1. The third kappa shape index (κ3) is 4.85. The average Bonchev–Trinajstić information content (AvgIpc) is 3.43. The summed E-state index contributed by atoms with van der Waals surface area (Å²) in [5.74, 6) is 0.930. The molecule has 0 aliphatic carbocycles. The van der Waals surface area contributed by atoms with Crippen LogP contribution in [0.4, 0.5) is 4.79 Å². The number of imide groups is 1. The highest BCUT2D eigenvalue weighted by atomic mass is 16.6. The SMILES string of the molecule is COc1ccc(CCC(=O)N2CCC(N3C(=O)COC3=O)C2)cc1OCc1ccccc1. The highest BCUT2D eigenvalue weighted by Gasteiger charge is 2.41. The van der Waals surface area contributed by atoms with E-state index < -0.39 is 6.09 Å². The van der Waals surface area contributed by atoms with E-state index >= 15 is 0 Å². The van der Waals surface area contributed by atoms with Gasteiger partial charge in [0.1, 0.15) is 6.61 Å². The van der Waals surface area contributed by atoms with E-state index in [0.29, 0.717) is 50.5 Å². The summed E-state index contributed by atoms with van der Waals surface area (Å²) in [4.78, 5) is 39.2. The molecule has 1 atom stereocenters. The Balaban J connectivity index is 1.32. The number of hydrogen-bond donors (Lipinski definition) is 0. The highest BCUT2D eigenvalue weighted by Crippen LogP contribution is 2.29. The molecule has 3 amide bonds. The van der Waals surface area contributed by atoms with Crippen LogP contribution >= 0.6 is 0 Å². The van der Waals surface area contributed by atoms with Crippen LogP contribution in [0.3, 0.4) is 0 Å². The molecule has 0 radical (unpaired) electrons. The lowest BCUT2D eigenvalue weighted by molar-refractivity contribution is -0.131. The number of ether oxygens (including phenoxy) is 3. The minimum absolute atomic E-state index is 0.00455. The molecule has 2 aromatic carbocycles. The first-order valence-corrected chi connectivity index (χ1v) is 10.7. The van der Waals surface area contributed by atoms with Crippen molar-refractivity contribution in [3.63, 3.8) is 0 Å². The molecule has 2 heterocycles. The topological polar surface area (TPSA) is 85.4 Å². The number of rotatable bonds is 8. The van der Waals surface area contributed by atoms with Gasteiger partial charge in [0.2, 0.25) is 5.91 Å². The van der Waals surface area contributed by atoms with Gasteiger partial charge in [0.05, 0.1) is 13.2 Å². The number of carbonyl (C=O) groups is 3. The summed E-state index contributed by atoms with van der Waals surface area (Å²) in [5.41, 5.74) is 2.02. The molecule has 8 nitrogen and oxygen atoms in total. The highest BCUT2D eigenvalue weighted by molar-refractivity contribution is 5.98. The lowest BCUT2D eigenvalue weighted by Gasteiger charge is -2.20.